The SMILES string of the molecule is COC(=O)C(C)(C)c1nnc(-c2nn(Cc3cccc(F)c3F)c3nc(C)ccc23)nc1Cl. The summed E-state index contributed by atoms with van der Waals surface area (Å²) in [7, 11) is 1.27. The second-order valence-corrected chi connectivity index (χ2v) is 8.29. The summed E-state index contributed by atoms with van der Waals surface area (Å²) in [6.07, 6.45) is 0. The van der Waals surface area contributed by atoms with Crippen LogP contribution in [0.4, 0.5) is 8.78 Å². The molecule has 11 heteroatoms. The molecular weight excluding hydrogens is 454 g/mol. The molecule has 4 rings (SSSR count). The van der Waals surface area contributed by atoms with Crippen molar-refractivity contribution in [3.05, 3.63) is 64.1 Å². The summed E-state index contributed by atoms with van der Waals surface area (Å²) >= 11 is 6.35. The Morgan fingerprint density at radius 1 is 1.15 bits per heavy atom. The van der Waals surface area contributed by atoms with Crippen LogP contribution in [0.1, 0.15) is 30.8 Å². The van der Waals surface area contributed by atoms with E-state index in [1.807, 2.05) is 0 Å². The number of ether oxygens (including phenoxy) is 1. The molecule has 4 aromatic rings. The first-order valence-corrected chi connectivity index (χ1v) is 10.3. The van der Waals surface area contributed by atoms with E-state index in [4.69, 9.17) is 16.3 Å². The van der Waals surface area contributed by atoms with Crippen molar-refractivity contribution in [2.24, 2.45) is 0 Å². The van der Waals surface area contributed by atoms with Crippen molar-refractivity contribution < 1.29 is 18.3 Å². The highest BCUT2D eigenvalue weighted by atomic mass is 35.5. The van der Waals surface area contributed by atoms with Crippen LogP contribution in [0.15, 0.2) is 30.3 Å². The van der Waals surface area contributed by atoms with Crippen LogP contribution in [0.25, 0.3) is 22.6 Å². The Kier molecular flexibility index (Phi) is 5.79. The molecule has 0 aliphatic heterocycles. The van der Waals surface area contributed by atoms with Crippen LogP contribution < -0.4 is 0 Å². The minimum Gasteiger partial charge on any atom is -0.468 e. The molecule has 0 saturated heterocycles. The summed E-state index contributed by atoms with van der Waals surface area (Å²) in [5, 5.41) is 13.3. The Labute approximate surface area is 192 Å². The maximum atomic E-state index is 14.3. The van der Waals surface area contributed by atoms with Gasteiger partial charge in [0.15, 0.2) is 22.4 Å². The topological polar surface area (TPSA) is 95.7 Å². The van der Waals surface area contributed by atoms with Gasteiger partial charge in [-0.2, -0.15) is 5.10 Å². The fourth-order valence-electron chi connectivity index (χ4n) is 3.40. The minimum atomic E-state index is -1.17. The van der Waals surface area contributed by atoms with E-state index < -0.39 is 23.0 Å². The largest absolute Gasteiger partial charge is 0.468 e. The third-order valence-electron chi connectivity index (χ3n) is 5.23. The molecule has 3 aromatic heterocycles. The molecule has 0 atom stereocenters. The monoisotopic (exact) mass is 472 g/mol. The van der Waals surface area contributed by atoms with Gasteiger partial charge in [0.2, 0.25) is 5.82 Å². The van der Waals surface area contributed by atoms with E-state index in [0.29, 0.717) is 22.4 Å². The van der Waals surface area contributed by atoms with E-state index in [1.165, 1.54) is 23.9 Å². The molecule has 0 fully saturated rings. The molecule has 0 aliphatic rings. The van der Waals surface area contributed by atoms with Crippen molar-refractivity contribution >= 4 is 28.6 Å². The van der Waals surface area contributed by atoms with E-state index >= 15 is 0 Å². The number of benzene rings is 1. The zero-order valence-corrected chi connectivity index (χ0v) is 19.0. The molecule has 8 nitrogen and oxygen atoms in total. The van der Waals surface area contributed by atoms with Crippen LogP contribution >= 0.6 is 11.6 Å². The number of hydrogen-bond donors (Lipinski definition) is 0. The number of methoxy groups -OCH3 is 1. The Morgan fingerprint density at radius 3 is 2.61 bits per heavy atom. The van der Waals surface area contributed by atoms with Crippen molar-refractivity contribution in [3.63, 3.8) is 0 Å². The number of carbonyl (C=O) groups is 1. The molecule has 1 aromatic carbocycles. The van der Waals surface area contributed by atoms with Crippen LogP contribution in [-0.2, 0) is 21.5 Å². The number of halogens is 3. The quantitative estimate of drug-likeness (QED) is 0.405. The Hall–Kier alpha value is -3.53. The van der Waals surface area contributed by atoms with Gasteiger partial charge in [-0.05, 0) is 39.0 Å². The maximum Gasteiger partial charge on any atom is 0.317 e. The average Bonchev–Trinajstić information content (AvgIpc) is 3.13. The Bertz CT molecular complexity index is 1390. The van der Waals surface area contributed by atoms with Crippen molar-refractivity contribution in [1.29, 1.82) is 0 Å². The van der Waals surface area contributed by atoms with Crippen LogP contribution in [0.5, 0.6) is 0 Å². The number of esters is 1. The van der Waals surface area contributed by atoms with Crippen molar-refractivity contribution in [2.45, 2.75) is 32.7 Å². The van der Waals surface area contributed by atoms with Gasteiger partial charge in [0.25, 0.3) is 0 Å². The fourth-order valence-corrected chi connectivity index (χ4v) is 3.75. The van der Waals surface area contributed by atoms with Gasteiger partial charge in [0, 0.05) is 11.3 Å². The van der Waals surface area contributed by atoms with Gasteiger partial charge in [-0.1, -0.05) is 23.7 Å². The molecular formula is C22H19ClF2N6O2. The lowest BCUT2D eigenvalue weighted by molar-refractivity contribution is -0.146. The molecule has 0 unspecified atom stereocenters. The molecule has 0 saturated carbocycles. The standard InChI is InChI=1S/C22H19ClF2N6O2/c1-11-8-9-13-16(19-27-18(23)17(28-29-19)22(2,3)21(32)33-4)30-31(20(13)26-11)10-12-6-5-7-14(24)15(12)25/h5-9H,10H2,1-4H3. The molecule has 0 radical (unpaired) electrons. The molecule has 0 spiro atoms. The normalized spacial score (nSPS) is 11.7. The van der Waals surface area contributed by atoms with Gasteiger partial charge in [-0.15, -0.1) is 10.2 Å². The summed E-state index contributed by atoms with van der Waals surface area (Å²) < 4.78 is 34.2. The molecule has 3 heterocycles. The molecule has 0 amide bonds. The second kappa shape index (κ2) is 8.43. The molecule has 0 N–H and O–H groups in total. The van der Waals surface area contributed by atoms with Gasteiger partial charge in [-0.25, -0.2) is 23.4 Å². The lowest BCUT2D eigenvalue weighted by Crippen LogP contribution is -2.32. The van der Waals surface area contributed by atoms with E-state index in [0.717, 1.165) is 6.07 Å². The first kappa shape index (κ1) is 22.7. The number of nitrogens with zero attached hydrogens (tertiary/aromatic N) is 6. The van der Waals surface area contributed by atoms with Crippen molar-refractivity contribution in [2.75, 3.05) is 7.11 Å². The van der Waals surface area contributed by atoms with Crippen LogP contribution in [0, 0.1) is 18.6 Å². The predicted octanol–water partition coefficient (Wildman–Crippen LogP) is 4.02. The summed E-state index contributed by atoms with van der Waals surface area (Å²) in [6, 6.07) is 7.51. The highest BCUT2D eigenvalue weighted by Crippen LogP contribution is 2.31. The summed E-state index contributed by atoms with van der Waals surface area (Å²) in [6.45, 7) is 4.93. The molecule has 170 valence electrons. The zero-order valence-electron chi connectivity index (χ0n) is 18.2. The number of rotatable bonds is 5. The van der Waals surface area contributed by atoms with Gasteiger partial charge < -0.3 is 4.74 Å². The number of carbonyl (C=O) groups excluding carboxylic acids is 1. The number of fused-ring (bicyclic) bond motifs is 1. The second-order valence-electron chi connectivity index (χ2n) is 7.93. The van der Waals surface area contributed by atoms with Crippen molar-refractivity contribution in [3.8, 4) is 11.5 Å². The Balaban J connectivity index is 1.83. The van der Waals surface area contributed by atoms with E-state index in [1.54, 1.807) is 32.9 Å². The van der Waals surface area contributed by atoms with E-state index in [2.05, 4.69) is 25.3 Å². The smallest absolute Gasteiger partial charge is 0.317 e. The number of pyridine rings is 1. The fraction of sp³-hybridized carbons (Fsp3) is 0.273. The number of aryl methyl sites for hydroxylation is 1. The van der Waals surface area contributed by atoms with E-state index in [9.17, 15) is 13.6 Å². The van der Waals surface area contributed by atoms with Crippen molar-refractivity contribution in [1.82, 2.24) is 29.9 Å². The first-order chi connectivity index (χ1) is 15.6. The van der Waals surface area contributed by atoms with Crippen LogP contribution in [-0.4, -0.2) is 43.0 Å². The first-order valence-electron chi connectivity index (χ1n) is 9.90. The average molecular weight is 473 g/mol. The van der Waals surface area contributed by atoms with Gasteiger partial charge in [-0.3, -0.25) is 4.79 Å². The highest BCUT2D eigenvalue weighted by molar-refractivity contribution is 6.30. The number of hydrogen-bond acceptors (Lipinski definition) is 7. The summed E-state index contributed by atoms with van der Waals surface area (Å²) in [5.74, 6) is -2.35. The van der Waals surface area contributed by atoms with E-state index in [-0.39, 0.29) is 28.8 Å². The lowest BCUT2D eigenvalue weighted by atomic mass is 9.90. The lowest BCUT2D eigenvalue weighted by Gasteiger charge is -2.20. The van der Waals surface area contributed by atoms with Gasteiger partial charge in [0.05, 0.1) is 19.0 Å². The summed E-state index contributed by atoms with van der Waals surface area (Å²) in [5.41, 5.74) is 0.556. The van der Waals surface area contributed by atoms with Crippen LogP contribution in [0.3, 0.4) is 0 Å². The van der Waals surface area contributed by atoms with Gasteiger partial charge in [0.1, 0.15) is 16.8 Å². The number of aromatic nitrogens is 6. The minimum absolute atomic E-state index is 0.0330. The molecule has 0 bridgehead atoms. The third kappa shape index (κ3) is 4.02. The summed E-state index contributed by atoms with van der Waals surface area (Å²) in [4.78, 5) is 20.9. The van der Waals surface area contributed by atoms with Crippen LogP contribution in [0.2, 0.25) is 5.15 Å². The highest BCUT2D eigenvalue weighted by Gasteiger charge is 2.36. The Morgan fingerprint density at radius 2 is 1.91 bits per heavy atom. The molecule has 0 aliphatic carbocycles. The predicted molar refractivity (Wildman–Crippen MR) is 117 cm³/mol. The zero-order chi connectivity index (χ0) is 23.9. The van der Waals surface area contributed by atoms with Gasteiger partial charge >= 0.3 is 5.97 Å². The maximum absolute atomic E-state index is 14.3. The third-order valence-corrected chi connectivity index (χ3v) is 5.49. The molecule has 33 heavy (non-hydrogen) atoms.